The molecule has 0 bridgehead atoms. The van der Waals surface area contributed by atoms with Gasteiger partial charge in [0.2, 0.25) is 5.28 Å². The van der Waals surface area contributed by atoms with Crippen molar-refractivity contribution >= 4 is 23.5 Å². The highest BCUT2D eigenvalue weighted by molar-refractivity contribution is 6.28. The molecule has 0 aromatic carbocycles. The molecule has 0 spiro atoms. The first-order chi connectivity index (χ1) is 5.59. The Morgan fingerprint density at radius 2 is 2.33 bits per heavy atom. The van der Waals surface area contributed by atoms with Crippen molar-refractivity contribution in [3.63, 3.8) is 0 Å². The van der Waals surface area contributed by atoms with Crippen LogP contribution in [0.1, 0.15) is 0 Å². The summed E-state index contributed by atoms with van der Waals surface area (Å²) in [5, 5.41) is -0.0238. The molecule has 0 unspecified atom stereocenters. The molecule has 1 aromatic rings. The van der Waals surface area contributed by atoms with E-state index in [-0.39, 0.29) is 16.9 Å². The van der Waals surface area contributed by atoms with Crippen LogP contribution in [0.15, 0.2) is 6.20 Å². The topological polar surface area (TPSA) is 104 Å². The molecule has 1 amide bonds. The number of halogens is 1. The summed E-state index contributed by atoms with van der Waals surface area (Å²) in [7, 11) is 0. The molecule has 0 fully saturated rings. The van der Waals surface area contributed by atoms with Gasteiger partial charge >= 0.3 is 6.09 Å². The third kappa shape index (κ3) is 1.96. The van der Waals surface area contributed by atoms with Crippen LogP contribution >= 0.6 is 11.6 Å². The summed E-state index contributed by atoms with van der Waals surface area (Å²) in [6, 6.07) is 0. The first-order valence-electron chi connectivity index (χ1n) is 2.85. The van der Waals surface area contributed by atoms with E-state index >= 15 is 0 Å². The van der Waals surface area contributed by atoms with Gasteiger partial charge in [-0.25, -0.2) is 9.78 Å². The molecule has 0 aliphatic heterocycles. The average molecular weight is 189 g/mol. The van der Waals surface area contributed by atoms with Gasteiger partial charge in [0.1, 0.15) is 0 Å². The molecule has 0 atom stereocenters. The lowest BCUT2D eigenvalue weighted by Crippen LogP contribution is -2.17. The van der Waals surface area contributed by atoms with E-state index in [0.717, 1.165) is 6.20 Å². The van der Waals surface area contributed by atoms with Gasteiger partial charge in [-0.3, -0.25) is 0 Å². The van der Waals surface area contributed by atoms with Crippen molar-refractivity contribution in [2.75, 3.05) is 5.73 Å². The highest BCUT2D eigenvalue weighted by Crippen LogP contribution is 2.18. The van der Waals surface area contributed by atoms with E-state index in [9.17, 15) is 4.79 Å². The minimum atomic E-state index is -0.979. The van der Waals surface area contributed by atoms with E-state index in [2.05, 4.69) is 14.7 Å². The van der Waals surface area contributed by atoms with Gasteiger partial charge in [0, 0.05) is 0 Å². The summed E-state index contributed by atoms with van der Waals surface area (Å²) in [5.74, 6) is -0.0410. The van der Waals surface area contributed by atoms with Crippen molar-refractivity contribution in [1.29, 1.82) is 0 Å². The van der Waals surface area contributed by atoms with Crippen LogP contribution < -0.4 is 16.2 Å². The fraction of sp³-hybridized carbons (Fsp3) is 0. The zero-order chi connectivity index (χ0) is 9.14. The standard InChI is InChI=1S/C5H5ClN4O2/c6-4-9-1-2(3(7)10-4)12-5(8)11/h1H,(H2,8,11)(H2,7,9,10). The van der Waals surface area contributed by atoms with Gasteiger partial charge in [0.05, 0.1) is 6.20 Å². The van der Waals surface area contributed by atoms with Crippen molar-refractivity contribution in [3.8, 4) is 5.75 Å². The van der Waals surface area contributed by atoms with Crippen molar-refractivity contribution in [3.05, 3.63) is 11.5 Å². The van der Waals surface area contributed by atoms with Crippen molar-refractivity contribution in [2.45, 2.75) is 0 Å². The molecule has 4 N–H and O–H groups in total. The predicted octanol–water partition coefficient (Wildman–Crippen LogP) is 0.170. The highest BCUT2D eigenvalue weighted by Gasteiger charge is 2.05. The van der Waals surface area contributed by atoms with Crippen LogP contribution in [-0.2, 0) is 0 Å². The molecule has 0 aliphatic rings. The minimum Gasteiger partial charge on any atom is -0.405 e. The average Bonchev–Trinajstić information content (AvgIpc) is 1.94. The smallest absolute Gasteiger partial charge is 0.405 e. The maximum atomic E-state index is 10.3. The normalized spacial score (nSPS) is 9.42. The summed E-state index contributed by atoms with van der Waals surface area (Å²) in [4.78, 5) is 17.3. The highest BCUT2D eigenvalue weighted by atomic mass is 35.5. The number of rotatable bonds is 1. The zero-order valence-corrected chi connectivity index (χ0v) is 6.58. The van der Waals surface area contributed by atoms with Gasteiger partial charge in [-0.15, -0.1) is 0 Å². The predicted molar refractivity (Wildman–Crippen MR) is 41.7 cm³/mol. The summed E-state index contributed by atoms with van der Waals surface area (Å²) in [6.07, 6.45) is 0.183. The van der Waals surface area contributed by atoms with Crippen LogP contribution in [-0.4, -0.2) is 16.1 Å². The SMILES string of the molecule is NC(=O)Oc1cnc(Cl)nc1N. The molecule has 6 nitrogen and oxygen atoms in total. The fourth-order valence-electron chi connectivity index (χ4n) is 0.548. The molecule has 1 aromatic heterocycles. The largest absolute Gasteiger partial charge is 0.410 e. The van der Waals surface area contributed by atoms with E-state index in [1.807, 2.05) is 0 Å². The summed E-state index contributed by atoms with van der Waals surface area (Å²) >= 11 is 5.38. The van der Waals surface area contributed by atoms with E-state index in [1.165, 1.54) is 0 Å². The van der Waals surface area contributed by atoms with Gasteiger partial charge in [-0.1, -0.05) is 0 Å². The lowest BCUT2D eigenvalue weighted by Gasteiger charge is -2.01. The molecule has 1 rings (SSSR count). The number of carbonyl (C=O) groups excluding carboxylic acids is 1. The maximum Gasteiger partial charge on any atom is 0.410 e. The van der Waals surface area contributed by atoms with Crippen LogP contribution in [0, 0.1) is 0 Å². The second-order valence-corrected chi connectivity index (χ2v) is 2.15. The number of anilines is 1. The molecular formula is C5H5ClN4O2. The van der Waals surface area contributed by atoms with Gasteiger partial charge in [0.25, 0.3) is 0 Å². The summed E-state index contributed by atoms with van der Waals surface area (Å²) in [6.45, 7) is 0. The molecule has 0 saturated carbocycles. The molecule has 12 heavy (non-hydrogen) atoms. The van der Waals surface area contributed by atoms with Crippen LogP contribution in [0.25, 0.3) is 0 Å². The number of hydrogen-bond acceptors (Lipinski definition) is 5. The van der Waals surface area contributed by atoms with Crippen LogP contribution in [0.5, 0.6) is 5.75 Å². The fourth-order valence-corrected chi connectivity index (χ4v) is 0.688. The molecule has 0 radical (unpaired) electrons. The lowest BCUT2D eigenvalue weighted by atomic mass is 10.5. The Bertz CT molecular complexity index is 316. The Balaban J connectivity index is 2.93. The second-order valence-electron chi connectivity index (χ2n) is 1.81. The maximum absolute atomic E-state index is 10.3. The summed E-state index contributed by atoms with van der Waals surface area (Å²) < 4.78 is 4.43. The number of hydrogen-bond donors (Lipinski definition) is 2. The number of carbonyl (C=O) groups is 1. The molecule has 1 heterocycles. The number of nitrogens with two attached hydrogens (primary N) is 2. The molecule has 0 saturated heterocycles. The van der Waals surface area contributed by atoms with Crippen molar-refractivity contribution in [1.82, 2.24) is 9.97 Å². The Labute approximate surface area is 72.5 Å². The monoisotopic (exact) mass is 188 g/mol. The van der Waals surface area contributed by atoms with E-state index in [4.69, 9.17) is 23.1 Å². The van der Waals surface area contributed by atoms with Gasteiger partial charge in [-0.05, 0) is 11.6 Å². The molecular weight excluding hydrogens is 184 g/mol. The van der Waals surface area contributed by atoms with Crippen LogP contribution in [0.3, 0.4) is 0 Å². The summed E-state index contributed by atoms with van der Waals surface area (Å²) in [5.41, 5.74) is 10.0. The number of aromatic nitrogens is 2. The Morgan fingerprint density at radius 3 is 2.83 bits per heavy atom. The van der Waals surface area contributed by atoms with Gasteiger partial charge in [-0.2, -0.15) is 4.98 Å². The third-order valence-electron chi connectivity index (χ3n) is 0.964. The van der Waals surface area contributed by atoms with E-state index in [1.54, 1.807) is 0 Å². The van der Waals surface area contributed by atoms with Crippen molar-refractivity contribution in [2.24, 2.45) is 5.73 Å². The van der Waals surface area contributed by atoms with E-state index < -0.39 is 6.09 Å². The van der Waals surface area contributed by atoms with E-state index in [0.29, 0.717) is 0 Å². The molecule has 7 heteroatoms. The zero-order valence-electron chi connectivity index (χ0n) is 5.82. The number of primary amides is 1. The van der Waals surface area contributed by atoms with Gasteiger partial charge < -0.3 is 16.2 Å². The minimum absolute atomic E-state index is 0.00750. The number of ether oxygens (including phenoxy) is 1. The van der Waals surface area contributed by atoms with Crippen molar-refractivity contribution < 1.29 is 9.53 Å². The first kappa shape index (κ1) is 8.54. The number of nitrogens with zero attached hydrogens (tertiary/aromatic N) is 2. The number of amides is 1. The quantitative estimate of drug-likeness (QED) is 0.612. The molecule has 0 aliphatic carbocycles. The molecule has 64 valence electrons. The second kappa shape index (κ2) is 3.22. The lowest BCUT2D eigenvalue weighted by molar-refractivity contribution is 0.211. The number of nitrogen functional groups attached to an aromatic ring is 1. The van der Waals surface area contributed by atoms with Gasteiger partial charge in [0.15, 0.2) is 11.6 Å². The van der Waals surface area contributed by atoms with Crippen LogP contribution in [0.2, 0.25) is 5.28 Å². The Kier molecular flexibility index (Phi) is 2.29. The first-order valence-corrected chi connectivity index (χ1v) is 3.22. The Morgan fingerprint density at radius 1 is 1.67 bits per heavy atom. The Hall–Kier alpha value is -1.56. The van der Waals surface area contributed by atoms with Crippen LogP contribution in [0.4, 0.5) is 10.6 Å². The third-order valence-corrected chi connectivity index (χ3v) is 1.15.